The van der Waals surface area contributed by atoms with Gasteiger partial charge in [0.1, 0.15) is 24.4 Å². The smallest absolute Gasteiger partial charge is 0.322 e. The van der Waals surface area contributed by atoms with Gasteiger partial charge >= 0.3 is 5.97 Å². The molecule has 0 spiro atoms. The van der Waals surface area contributed by atoms with Crippen molar-refractivity contribution in [2.45, 2.75) is 37.4 Å². The highest BCUT2D eigenvalue weighted by Gasteiger charge is 2.30. The molecule has 0 aliphatic heterocycles. The number of methoxy groups -OCH3 is 1. The molecule has 6 N–H and O–H groups in total. The SMILES string of the molecule is COC(=O)[C@H](C)NC[C@H](O)[C@@H](O)[C@H](O)[C@H](O)CO. The standard InChI is InChI=1S/C10H21NO7/c1-5(10(17)18-2)11-3-6(13)8(15)9(16)7(14)4-12/h5-9,11-16H,3-4H2,1-2H3/t5-,6-,7+,8+,9+/m0/s1. The molecule has 0 aliphatic carbocycles. The molecule has 0 fully saturated rings. The largest absolute Gasteiger partial charge is 0.468 e. The molecule has 0 saturated heterocycles. The first-order valence-corrected chi connectivity index (χ1v) is 5.49. The van der Waals surface area contributed by atoms with Crippen LogP contribution in [0.4, 0.5) is 0 Å². The van der Waals surface area contributed by atoms with Crippen molar-refractivity contribution in [3.63, 3.8) is 0 Å². The number of rotatable bonds is 8. The molecule has 0 aromatic carbocycles. The zero-order chi connectivity index (χ0) is 14.3. The van der Waals surface area contributed by atoms with Crippen LogP contribution in [0.3, 0.4) is 0 Å². The Kier molecular flexibility index (Phi) is 8.00. The second-order valence-electron chi connectivity index (χ2n) is 3.95. The second kappa shape index (κ2) is 8.35. The number of ether oxygens (including phenoxy) is 1. The predicted molar refractivity (Wildman–Crippen MR) is 60.6 cm³/mol. The molecule has 108 valence electrons. The number of hydrogen-bond acceptors (Lipinski definition) is 8. The summed E-state index contributed by atoms with van der Waals surface area (Å²) in [5, 5.41) is 48.6. The Morgan fingerprint density at radius 2 is 1.67 bits per heavy atom. The van der Waals surface area contributed by atoms with E-state index in [0.29, 0.717) is 0 Å². The summed E-state index contributed by atoms with van der Waals surface area (Å²) in [6.45, 7) is 0.577. The Morgan fingerprint density at radius 1 is 1.17 bits per heavy atom. The number of aliphatic hydroxyl groups excluding tert-OH is 5. The highest BCUT2D eigenvalue weighted by molar-refractivity contribution is 5.75. The quantitative estimate of drug-likeness (QED) is 0.250. The van der Waals surface area contributed by atoms with E-state index in [1.165, 1.54) is 14.0 Å². The normalized spacial score (nSPS) is 19.7. The van der Waals surface area contributed by atoms with E-state index in [1.807, 2.05) is 0 Å². The van der Waals surface area contributed by atoms with Crippen LogP contribution in [0.1, 0.15) is 6.92 Å². The van der Waals surface area contributed by atoms with E-state index in [9.17, 15) is 20.1 Å². The van der Waals surface area contributed by atoms with E-state index in [2.05, 4.69) is 10.1 Å². The fourth-order valence-electron chi connectivity index (χ4n) is 1.24. The number of nitrogens with one attached hydrogen (secondary N) is 1. The first-order valence-electron chi connectivity index (χ1n) is 5.49. The molecule has 8 heteroatoms. The number of carbonyl (C=O) groups excluding carboxylic acids is 1. The summed E-state index contributed by atoms with van der Waals surface area (Å²) >= 11 is 0. The van der Waals surface area contributed by atoms with E-state index < -0.39 is 43.0 Å². The highest BCUT2D eigenvalue weighted by atomic mass is 16.5. The van der Waals surface area contributed by atoms with E-state index in [0.717, 1.165) is 0 Å². The maximum atomic E-state index is 11.0. The summed E-state index contributed by atoms with van der Waals surface area (Å²) in [7, 11) is 1.22. The van der Waals surface area contributed by atoms with E-state index in [1.54, 1.807) is 0 Å². The molecule has 0 saturated carbocycles. The van der Waals surface area contributed by atoms with Crippen LogP contribution in [0, 0.1) is 0 Å². The summed E-state index contributed by atoms with van der Waals surface area (Å²) in [4.78, 5) is 11.0. The van der Waals surface area contributed by atoms with Gasteiger partial charge in [0.05, 0.1) is 19.8 Å². The third kappa shape index (κ3) is 5.25. The van der Waals surface area contributed by atoms with Gasteiger partial charge in [0.25, 0.3) is 0 Å². The lowest BCUT2D eigenvalue weighted by Crippen LogP contribution is -2.50. The Bertz CT molecular complexity index is 250. The Labute approximate surface area is 105 Å². The first kappa shape index (κ1) is 17.2. The molecule has 0 aromatic rings. The average Bonchev–Trinajstić information content (AvgIpc) is 2.40. The van der Waals surface area contributed by atoms with Gasteiger partial charge in [-0.2, -0.15) is 0 Å². The average molecular weight is 267 g/mol. The highest BCUT2D eigenvalue weighted by Crippen LogP contribution is 2.04. The summed E-state index contributed by atoms with van der Waals surface area (Å²) in [5.41, 5.74) is 0. The third-order valence-electron chi connectivity index (χ3n) is 2.51. The van der Waals surface area contributed by atoms with Crippen molar-refractivity contribution in [2.24, 2.45) is 0 Å². The Morgan fingerprint density at radius 3 is 2.11 bits per heavy atom. The van der Waals surface area contributed by atoms with Crippen LogP contribution in [-0.4, -0.2) is 82.2 Å². The van der Waals surface area contributed by atoms with Crippen LogP contribution in [0.5, 0.6) is 0 Å². The van der Waals surface area contributed by atoms with Gasteiger partial charge in [-0.05, 0) is 6.92 Å². The maximum Gasteiger partial charge on any atom is 0.322 e. The van der Waals surface area contributed by atoms with Crippen LogP contribution < -0.4 is 5.32 Å². The number of esters is 1. The third-order valence-corrected chi connectivity index (χ3v) is 2.51. The number of hydrogen-bond donors (Lipinski definition) is 6. The fourth-order valence-corrected chi connectivity index (χ4v) is 1.24. The molecule has 0 aliphatic rings. The van der Waals surface area contributed by atoms with Crippen molar-refractivity contribution >= 4 is 5.97 Å². The summed E-state index contributed by atoms with van der Waals surface area (Å²) in [6.07, 6.45) is -6.29. The van der Waals surface area contributed by atoms with Crippen LogP contribution in [0.2, 0.25) is 0 Å². The van der Waals surface area contributed by atoms with Gasteiger partial charge in [0.2, 0.25) is 0 Å². The minimum Gasteiger partial charge on any atom is -0.468 e. The summed E-state index contributed by atoms with van der Waals surface area (Å²) < 4.78 is 4.44. The van der Waals surface area contributed by atoms with Crippen molar-refractivity contribution < 1.29 is 35.1 Å². The zero-order valence-electron chi connectivity index (χ0n) is 10.4. The Hall–Kier alpha value is -0.770. The number of carbonyl (C=O) groups is 1. The van der Waals surface area contributed by atoms with Gasteiger partial charge in [-0.1, -0.05) is 0 Å². The molecule has 0 amide bonds. The van der Waals surface area contributed by atoms with Crippen LogP contribution in [0.15, 0.2) is 0 Å². The molecule has 0 aromatic heterocycles. The van der Waals surface area contributed by atoms with Gasteiger partial charge in [-0.25, -0.2) is 0 Å². The van der Waals surface area contributed by atoms with Gasteiger partial charge in [-0.15, -0.1) is 0 Å². The lowest BCUT2D eigenvalue weighted by Gasteiger charge is -2.26. The topological polar surface area (TPSA) is 139 Å². The van der Waals surface area contributed by atoms with Crippen LogP contribution >= 0.6 is 0 Å². The molecule has 0 unspecified atom stereocenters. The molecular weight excluding hydrogens is 246 g/mol. The predicted octanol–water partition coefficient (Wildman–Crippen LogP) is -3.43. The molecule has 0 heterocycles. The lowest BCUT2D eigenvalue weighted by molar-refractivity contribution is -0.143. The molecule has 18 heavy (non-hydrogen) atoms. The molecule has 0 bridgehead atoms. The van der Waals surface area contributed by atoms with Crippen LogP contribution in [0.25, 0.3) is 0 Å². The lowest BCUT2D eigenvalue weighted by atomic mass is 10.0. The van der Waals surface area contributed by atoms with E-state index >= 15 is 0 Å². The maximum absolute atomic E-state index is 11.0. The van der Waals surface area contributed by atoms with E-state index in [-0.39, 0.29) is 6.54 Å². The summed E-state index contributed by atoms with van der Waals surface area (Å²) in [6, 6.07) is -0.684. The molecule has 0 radical (unpaired) electrons. The minimum atomic E-state index is -1.68. The molecule has 8 nitrogen and oxygen atoms in total. The van der Waals surface area contributed by atoms with Gasteiger partial charge in [-0.3, -0.25) is 4.79 Å². The Balaban J connectivity index is 4.16. The van der Waals surface area contributed by atoms with E-state index in [4.69, 9.17) is 10.2 Å². The van der Waals surface area contributed by atoms with Crippen LogP contribution in [-0.2, 0) is 9.53 Å². The fraction of sp³-hybridized carbons (Fsp3) is 0.900. The van der Waals surface area contributed by atoms with Crippen molar-refractivity contribution in [1.29, 1.82) is 0 Å². The zero-order valence-corrected chi connectivity index (χ0v) is 10.4. The first-order chi connectivity index (χ1) is 8.34. The minimum absolute atomic E-state index is 0.188. The van der Waals surface area contributed by atoms with Gasteiger partial charge in [0.15, 0.2) is 0 Å². The number of aliphatic hydroxyl groups is 5. The molecule has 0 rings (SSSR count). The summed E-state index contributed by atoms with van der Waals surface area (Å²) in [5.74, 6) is -0.535. The van der Waals surface area contributed by atoms with Crippen molar-refractivity contribution in [1.82, 2.24) is 5.32 Å². The van der Waals surface area contributed by atoms with Crippen molar-refractivity contribution in [3.05, 3.63) is 0 Å². The van der Waals surface area contributed by atoms with Gasteiger partial charge in [0, 0.05) is 6.54 Å². The van der Waals surface area contributed by atoms with Crippen molar-refractivity contribution in [3.8, 4) is 0 Å². The molecular formula is C10H21NO7. The molecule has 5 atom stereocenters. The monoisotopic (exact) mass is 267 g/mol. The second-order valence-corrected chi connectivity index (χ2v) is 3.95. The van der Waals surface area contributed by atoms with Crippen molar-refractivity contribution in [2.75, 3.05) is 20.3 Å². The van der Waals surface area contributed by atoms with Gasteiger partial charge < -0.3 is 35.6 Å².